The van der Waals surface area contributed by atoms with Crippen LogP contribution in [0.15, 0.2) is 18.5 Å². The minimum absolute atomic E-state index is 0.0725. The number of urea groups is 1. The van der Waals surface area contributed by atoms with E-state index in [1.807, 2.05) is 17.9 Å². The van der Waals surface area contributed by atoms with Crippen molar-refractivity contribution in [3.8, 4) is 0 Å². The molecule has 1 saturated heterocycles. The van der Waals surface area contributed by atoms with Gasteiger partial charge in [0, 0.05) is 12.6 Å². The highest BCUT2D eigenvalue weighted by Crippen LogP contribution is 2.37. The van der Waals surface area contributed by atoms with Crippen LogP contribution >= 0.6 is 0 Å². The van der Waals surface area contributed by atoms with Crippen LogP contribution in [0.2, 0.25) is 0 Å². The van der Waals surface area contributed by atoms with Crippen LogP contribution in [-0.4, -0.2) is 32.3 Å². The van der Waals surface area contributed by atoms with Crippen molar-refractivity contribution in [3.63, 3.8) is 0 Å². The number of hydrogen-bond donors (Lipinski definition) is 0. The third-order valence-corrected chi connectivity index (χ3v) is 3.18. The van der Waals surface area contributed by atoms with E-state index in [0.717, 1.165) is 11.3 Å². The summed E-state index contributed by atoms with van der Waals surface area (Å²) in [5.74, 6) is 0.512. The Labute approximate surface area is 99.0 Å². The van der Waals surface area contributed by atoms with E-state index in [4.69, 9.17) is 4.84 Å². The van der Waals surface area contributed by atoms with Crippen molar-refractivity contribution < 1.29 is 9.63 Å². The molecule has 2 aliphatic heterocycles. The van der Waals surface area contributed by atoms with Crippen LogP contribution in [0.1, 0.15) is 24.2 Å². The zero-order chi connectivity index (χ0) is 12.2. The van der Waals surface area contributed by atoms with E-state index in [1.54, 1.807) is 11.8 Å². The number of allylic oxidation sites excluding steroid dienone is 1. The van der Waals surface area contributed by atoms with Crippen LogP contribution in [0.3, 0.4) is 0 Å². The van der Waals surface area contributed by atoms with Gasteiger partial charge in [-0.05, 0) is 6.92 Å². The van der Waals surface area contributed by atoms with Crippen molar-refractivity contribution >= 4 is 6.03 Å². The van der Waals surface area contributed by atoms with Crippen LogP contribution < -0.4 is 0 Å². The molecule has 0 saturated carbocycles. The van der Waals surface area contributed by atoms with Gasteiger partial charge < -0.3 is 9.74 Å². The van der Waals surface area contributed by atoms with Gasteiger partial charge in [-0.15, -0.1) is 5.06 Å². The SMILES string of the molecule is C=C(C)ON1C(=O)N2Cc3c(cnn3C)[C@H]1C2. The molecule has 17 heavy (non-hydrogen) atoms. The second-order valence-electron chi connectivity index (χ2n) is 4.47. The van der Waals surface area contributed by atoms with Gasteiger partial charge >= 0.3 is 6.03 Å². The Morgan fingerprint density at radius 1 is 1.65 bits per heavy atom. The molecule has 0 aliphatic carbocycles. The average Bonchev–Trinajstić information content (AvgIpc) is 2.75. The van der Waals surface area contributed by atoms with E-state index in [0.29, 0.717) is 18.8 Å². The lowest BCUT2D eigenvalue weighted by Crippen LogP contribution is -2.30. The molecule has 0 aromatic carbocycles. The van der Waals surface area contributed by atoms with Crippen molar-refractivity contribution in [1.82, 2.24) is 19.7 Å². The van der Waals surface area contributed by atoms with Crippen molar-refractivity contribution in [2.24, 2.45) is 7.05 Å². The largest absolute Gasteiger partial charge is 0.380 e. The third-order valence-electron chi connectivity index (χ3n) is 3.18. The van der Waals surface area contributed by atoms with E-state index >= 15 is 0 Å². The van der Waals surface area contributed by atoms with Gasteiger partial charge in [-0.2, -0.15) is 5.10 Å². The maximum Gasteiger partial charge on any atom is 0.354 e. The Kier molecular flexibility index (Phi) is 1.95. The number of hydroxylamine groups is 2. The molecule has 0 spiro atoms. The maximum atomic E-state index is 12.1. The first-order chi connectivity index (χ1) is 8.08. The van der Waals surface area contributed by atoms with Crippen molar-refractivity contribution in [2.75, 3.05) is 6.54 Å². The molecule has 90 valence electrons. The van der Waals surface area contributed by atoms with E-state index in [-0.39, 0.29) is 12.1 Å². The molecule has 3 rings (SSSR count). The first-order valence-electron chi connectivity index (χ1n) is 5.50. The molecule has 1 aromatic heterocycles. The number of carbonyl (C=O) groups is 1. The number of aromatic nitrogens is 2. The quantitative estimate of drug-likeness (QED) is 0.722. The molecular formula is C11H14N4O2. The summed E-state index contributed by atoms with van der Waals surface area (Å²) in [5, 5.41) is 5.63. The Morgan fingerprint density at radius 2 is 2.41 bits per heavy atom. The van der Waals surface area contributed by atoms with Crippen LogP contribution in [-0.2, 0) is 18.4 Å². The predicted octanol–water partition coefficient (Wildman–Crippen LogP) is 1.18. The zero-order valence-corrected chi connectivity index (χ0v) is 9.88. The number of amides is 2. The smallest absolute Gasteiger partial charge is 0.354 e. The number of aryl methyl sites for hydroxylation is 1. The third kappa shape index (κ3) is 1.33. The topological polar surface area (TPSA) is 50.6 Å². The minimum atomic E-state index is -0.103. The fourth-order valence-corrected chi connectivity index (χ4v) is 2.39. The molecule has 3 heterocycles. The number of hydrogen-bond acceptors (Lipinski definition) is 3. The summed E-state index contributed by atoms with van der Waals surface area (Å²) < 4.78 is 1.81. The summed E-state index contributed by atoms with van der Waals surface area (Å²) in [4.78, 5) is 19.2. The Bertz CT molecular complexity index is 508. The number of fused-ring (bicyclic) bond motifs is 4. The highest BCUT2D eigenvalue weighted by molar-refractivity contribution is 5.77. The van der Waals surface area contributed by atoms with Crippen LogP contribution in [0.4, 0.5) is 4.79 Å². The summed E-state index contributed by atoms with van der Waals surface area (Å²) in [6.07, 6.45) is 1.81. The number of carbonyl (C=O) groups excluding carboxylic acids is 1. The van der Waals surface area contributed by atoms with Gasteiger partial charge in [-0.3, -0.25) is 4.68 Å². The van der Waals surface area contributed by atoms with Crippen molar-refractivity contribution in [2.45, 2.75) is 19.5 Å². The molecule has 0 unspecified atom stereocenters. The second kappa shape index (κ2) is 3.26. The maximum absolute atomic E-state index is 12.1. The molecule has 2 amide bonds. The van der Waals surface area contributed by atoms with Gasteiger partial charge in [0.1, 0.15) is 11.8 Å². The molecule has 6 nitrogen and oxygen atoms in total. The lowest BCUT2D eigenvalue weighted by molar-refractivity contribution is -0.0881. The fourth-order valence-electron chi connectivity index (χ4n) is 2.39. The van der Waals surface area contributed by atoms with Gasteiger partial charge in [-0.1, -0.05) is 6.58 Å². The first kappa shape index (κ1) is 10.2. The highest BCUT2D eigenvalue weighted by atomic mass is 16.7. The summed E-state index contributed by atoms with van der Waals surface area (Å²) in [6.45, 7) is 6.66. The van der Waals surface area contributed by atoms with E-state index < -0.39 is 0 Å². The first-order valence-corrected chi connectivity index (χ1v) is 5.50. The second-order valence-corrected chi connectivity index (χ2v) is 4.47. The fraction of sp³-hybridized carbons (Fsp3) is 0.455. The molecule has 0 N–H and O–H groups in total. The number of nitrogens with zero attached hydrogens (tertiary/aromatic N) is 4. The Balaban J connectivity index is 2.01. The van der Waals surface area contributed by atoms with E-state index in [2.05, 4.69) is 11.7 Å². The molecule has 1 fully saturated rings. The molecule has 6 heteroatoms. The molecule has 2 bridgehead atoms. The van der Waals surface area contributed by atoms with Gasteiger partial charge in [0.15, 0.2) is 0 Å². The molecular weight excluding hydrogens is 220 g/mol. The summed E-state index contributed by atoms with van der Waals surface area (Å²) in [7, 11) is 1.89. The molecule has 2 aliphatic rings. The standard InChI is InChI=1S/C11H14N4O2/c1-7(2)17-15-10-6-14(11(15)16)5-9-8(10)4-12-13(9)3/h4,10H,1,5-6H2,2-3H3/t10-/m1/s1. The lowest BCUT2D eigenvalue weighted by atomic mass is 10.1. The van der Waals surface area contributed by atoms with Gasteiger partial charge in [0.25, 0.3) is 0 Å². The number of rotatable bonds is 2. The van der Waals surface area contributed by atoms with Crippen LogP contribution in [0, 0.1) is 0 Å². The lowest BCUT2D eigenvalue weighted by Gasteiger charge is -2.22. The Hall–Kier alpha value is -1.98. The van der Waals surface area contributed by atoms with Gasteiger partial charge in [-0.25, -0.2) is 4.79 Å². The van der Waals surface area contributed by atoms with Crippen molar-refractivity contribution in [3.05, 3.63) is 29.8 Å². The molecule has 0 radical (unpaired) electrons. The van der Waals surface area contributed by atoms with E-state index in [9.17, 15) is 4.79 Å². The Morgan fingerprint density at radius 3 is 3.12 bits per heavy atom. The monoisotopic (exact) mass is 234 g/mol. The minimum Gasteiger partial charge on any atom is -0.380 e. The average molecular weight is 234 g/mol. The highest BCUT2D eigenvalue weighted by Gasteiger charge is 2.46. The van der Waals surface area contributed by atoms with Crippen molar-refractivity contribution in [1.29, 1.82) is 0 Å². The summed E-state index contributed by atoms with van der Waals surface area (Å²) in [6, 6.07) is -0.175. The summed E-state index contributed by atoms with van der Waals surface area (Å²) in [5.41, 5.74) is 2.14. The predicted molar refractivity (Wildman–Crippen MR) is 59.5 cm³/mol. The zero-order valence-electron chi connectivity index (χ0n) is 9.88. The molecule has 1 atom stereocenters. The van der Waals surface area contributed by atoms with Crippen LogP contribution in [0.5, 0.6) is 0 Å². The normalized spacial score (nSPS) is 21.8. The van der Waals surface area contributed by atoms with E-state index in [1.165, 1.54) is 5.06 Å². The molecule has 1 aromatic rings. The van der Waals surface area contributed by atoms with Gasteiger partial charge in [0.2, 0.25) is 0 Å². The van der Waals surface area contributed by atoms with Gasteiger partial charge in [0.05, 0.1) is 25.0 Å². The van der Waals surface area contributed by atoms with Crippen LogP contribution in [0.25, 0.3) is 0 Å². The summed E-state index contributed by atoms with van der Waals surface area (Å²) >= 11 is 0.